The van der Waals surface area contributed by atoms with Gasteiger partial charge in [-0.1, -0.05) is 0 Å². The van der Waals surface area contributed by atoms with Crippen LogP contribution in [0.2, 0.25) is 0 Å². The van der Waals surface area contributed by atoms with Gasteiger partial charge in [-0.2, -0.15) is 13.2 Å². The van der Waals surface area contributed by atoms with Crippen LogP contribution in [0, 0.1) is 10.1 Å². The number of halogens is 3. The smallest absolute Gasteiger partial charge is 0.356 e. The van der Waals surface area contributed by atoms with Crippen molar-refractivity contribution in [1.29, 1.82) is 0 Å². The van der Waals surface area contributed by atoms with Gasteiger partial charge in [-0.3, -0.25) is 34.2 Å². The fourth-order valence-corrected chi connectivity index (χ4v) is 2.70. The second-order valence-corrected chi connectivity index (χ2v) is 6.31. The molecule has 0 saturated carbocycles. The topological polar surface area (TPSA) is 139 Å². The van der Waals surface area contributed by atoms with E-state index in [-0.39, 0.29) is 55.7 Å². The Labute approximate surface area is 167 Å². The number of hydrogen-bond acceptors (Lipinski definition) is 6. The molecule has 0 saturated heterocycles. The molecular weight excluding hydrogens is 413 g/mol. The summed E-state index contributed by atoms with van der Waals surface area (Å²) in [5.74, 6) is -3.78. The van der Waals surface area contributed by atoms with Crippen molar-refractivity contribution in [3.05, 3.63) is 39.4 Å². The van der Waals surface area contributed by atoms with E-state index < -0.39 is 34.7 Å². The fourth-order valence-electron chi connectivity index (χ4n) is 2.70. The third kappa shape index (κ3) is 5.52. The minimum absolute atomic E-state index is 0.0354. The standard InChI is InChI=1S/C17H17F3N4O6/c18-17(19,20)16(28)22-7-2-6-21-13(25)3-1-8-23-14(26)11-5-4-10(24(29)30)9-12(11)15(23)27/h4-5,9H,1-3,6-8H2,(H,21,25)(H,22,28). The van der Waals surface area contributed by atoms with E-state index in [1.807, 2.05) is 0 Å². The van der Waals surface area contributed by atoms with Gasteiger partial charge in [0.2, 0.25) is 5.91 Å². The Hall–Kier alpha value is -3.51. The molecule has 2 N–H and O–H groups in total. The Bertz CT molecular complexity index is 887. The van der Waals surface area contributed by atoms with E-state index >= 15 is 0 Å². The van der Waals surface area contributed by atoms with Crippen LogP contribution >= 0.6 is 0 Å². The first-order valence-corrected chi connectivity index (χ1v) is 8.78. The zero-order valence-corrected chi connectivity index (χ0v) is 15.5. The van der Waals surface area contributed by atoms with Crippen molar-refractivity contribution in [2.24, 2.45) is 0 Å². The Kier molecular flexibility index (Phi) is 7.08. The Morgan fingerprint density at radius 1 is 1.03 bits per heavy atom. The van der Waals surface area contributed by atoms with Gasteiger partial charge in [0, 0.05) is 38.2 Å². The second-order valence-electron chi connectivity index (χ2n) is 6.31. The minimum Gasteiger partial charge on any atom is -0.356 e. The number of rotatable bonds is 9. The Morgan fingerprint density at radius 2 is 1.67 bits per heavy atom. The van der Waals surface area contributed by atoms with Crippen LogP contribution in [0.4, 0.5) is 18.9 Å². The lowest BCUT2D eigenvalue weighted by Gasteiger charge is -2.13. The first-order valence-electron chi connectivity index (χ1n) is 8.78. The molecule has 1 heterocycles. The molecule has 162 valence electrons. The van der Waals surface area contributed by atoms with Gasteiger partial charge < -0.3 is 10.6 Å². The van der Waals surface area contributed by atoms with Crippen LogP contribution in [0.25, 0.3) is 0 Å². The largest absolute Gasteiger partial charge is 0.471 e. The molecule has 1 aromatic carbocycles. The summed E-state index contributed by atoms with van der Waals surface area (Å²) in [5.41, 5.74) is -0.335. The van der Waals surface area contributed by atoms with E-state index in [2.05, 4.69) is 5.32 Å². The first-order chi connectivity index (χ1) is 14.0. The highest BCUT2D eigenvalue weighted by molar-refractivity contribution is 6.21. The van der Waals surface area contributed by atoms with Gasteiger partial charge in [0.25, 0.3) is 17.5 Å². The molecule has 2 rings (SSSR count). The number of alkyl halides is 3. The summed E-state index contributed by atoms with van der Waals surface area (Å²) in [4.78, 5) is 57.9. The maximum atomic E-state index is 12.3. The fraction of sp³-hybridized carbons (Fsp3) is 0.412. The number of nitro benzene ring substituents is 1. The monoisotopic (exact) mass is 430 g/mol. The summed E-state index contributed by atoms with van der Waals surface area (Å²) < 4.78 is 36.0. The molecule has 0 radical (unpaired) electrons. The predicted molar refractivity (Wildman–Crippen MR) is 94.4 cm³/mol. The van der Waals surface area contributed by atoms with Crippen molar-refractivity contribution in [2.75, 3.05) is 19.6 Å². The van der Waals surface area contributed by atoms with Gasteiger partial charge in [-0.15, -0.1) is 0 Å². The van der Waals surface area contributed by atoms with E-state index in [1.165, 1.54) is 6.07 Å². The number of benzene rings is 1. The van der Waals surface area contributed by atoms with Crippen molar-refractivity contribution in [1.82, 2.24) is 15.5 Å². The number of nitrogens with one attached hydrogen (secondary N) is 2. The number of fused-ring (bicyclic) bond motifs is 1. The molecule has 30 heavy (non-hydrogen) atoms. The summed E-state index contributed by atoms with van der Waals surface area (Å²) >= 11 is 0. The molecule has 0 bridgehead atoms. The van der Waals surface area contributed by atoms with Crippen LogP contribution in [0.3, 0.4) is 0 Å². The third-order valence-electron chi connectivity index (χ3n) is 4.17. The number of amides is 4. The number of nitrogens with zero attached hydrogens (tertiary/aromatic N) is 2. The molecule has 0 aromatic heterocycles. The number of carbonyl (C=O) groups excluding carboxylic acids is 4. The minimum atomic E-state index is -4.96. The molecule has 0 fully saturated rings. The molecule has 0 atom stereocenters. The van der Waals surface area contributed by atoms with E-state index in [9.17, 15) is 42.5 Å². The van der Waals surface area contributed by atoms with E-state index in [1.54, 1.807) is 5.32 Å². The van der Waals surface area contributed by atoms with E-state index in [0.717, 1.165) is 17.0 Å². The van der Waals surface area contributed by atoms with Gasteiger partial charge in [-0.05, 0) is 18.9 Å². The lowest BCUT2D eigenvalue weighted by Crippen LogP contribution is -2.38. The zero-order valence-electron chi connectivity index (χ0n) is 15.5. The van der Waals surface area contributed by atoms with Crippen LogP contribution in [-0.4, -0.2) is 59.3 Å². The van der Waals surface area contributed by atoms with Gasteiger partial charge in [0.05, 0.1) is 16.1 Å². The van der Waals surface area contributed by atoms with Crippen LogP contribution < -0.4 is 10.6 Å². The van der Waals surface area contributed by atoms with Crippen LogP contribution in [0.15, 0.2) is 18.2 Å². The molecule has 4 amide bonds. The maximum absolute atomic E-state index is 12.3. The number of nitro groups is 1. The Morgan fingerprint density at radius 3 is 2.30 bits per heavy atom. The summed E-state index contributed by atoms with van der Waals surface area (Å²) in [6.07, 6.45) is -4.80. The highest BCUT2D eigenvalue weighted by Crippen LogP contribution is 2.27. The second kappa shape index (κ2) is 9.33. The predicted octanol–water partition coefficient (Wildman–Crippen LogP) is 1.16. The SMILES string of the molecule is O=C(CCCN1C(=O)c2ccc([N+](=O)[O-])cc2C1=O)NCCCNC(=O)C(F)(F)F. The molecule has 10 nitrogen and oxygen atoms in total. The number of non-ortho nitro benzene ring substituents is 1. The molecule has 1 aliphatic heterocycles. The number of imide groups is 1. The van der Waals surface area contributed by atoms with Crippen molar-refractivity contribution in [3.8, 4) is 0 Å². The van der Waals surface area contributed by atoms with Crippen molar-refractivity contribution in [3.63, 3.8) is 0 Å². The maximum Gasteiger partial charge on any atom is 0.471 e. The molecule has 1 aliphatic rings. The molecule has 0 unspecified atom stereocenters. The van der Waals surface area contributed by atoms with E-state index in [4.69, 9.17) is 0 Å². The van der Waals surface area contributed by atoms with Crippen LogP contribution in [-0.2, 0) is 9.59 Å². The van der Waals surface area contributed by atoms with Crippen LogP contribution in [0.5, 0.6) is 0 Å². The molecule has 0 spiro atoms. The Balaban J connectivity index is 1.72. The molecular formula is C17H17F3N4O6. The number of hydrogen-bond donors (Lipinski definition) is 2. The molecule has 0 aliphatic carbocycles. The molecule has 13 heteroatoms. The summed E-state index contributed by atoms with van der Waals surface area (Å²) in [7, 11) is 0. The van der Waals surface area contributed by atoms with Gasteiger partial charge in [0.1, 0.15) is 0 Å². The van der Waals surface area contributed by atoms with E-state index in [0.29, 0.717) is 0 Å². The average molecular weight is 430 g/mol. The lowest BCUT2D eigenvalue weighted by molar-refractivity contribution is -0.384. The lowest BCUT2D eigenvalue weighted by atomic mass is 10.1. The number of carbonyl (C=O) groups is 4. The summed E-state index contributed by atoms with van der Waals surface area (Å²) in [6.45, 7) is -0.303. The van der Waals surface area contributed by atoms with Crippen molar-refractivity contribution >= 4 is 29.3 Å². The summed E-state index contributed by atoms with van der Waals surface area (Å²) in [6, 6.07) is 3.36. The average Bonchev–Trinajstić information content (AvgIpc) is 2.91. The third-order valence-corrected chi connectivity index (χ3v) is 4.17. The normalized spacial score (nSPS) is 13.2. The van der Waals surface area contributed by atoms with Gasteiger partial charge in [0.15, 0.2) is 0 Å². The van der Waals surface area contributed by atoms with Crippen molar-refractivity contribution < 1.29 is 37.3 Å². The summed E-state index contributed by atoms with van der Waals surface area (Å²) in [5, 5.41) is 14.9. The van der Waals surface area contributed by atoms with Gasteiger partial charge in [-0.25, -0.2) is 0 Å². The van der Waals surface area contributed by atoms with Crippen LogP contribution in [0.1, 0.15) is 40.0 Å². The zero-order chi connectivity index (χ0) is 22.5. The first kappa shape index (κ1) is 22.8. The highest BCUT2D eigenvalue weighted by atomic mass is 19.4. The van der Waals surface area contributed by atoms with Crippen molar-refractivity contribution in [2.45, 2.75) is 25.4 Å². The highest BCUT2D eigenvalue weighted by Gasteiger charge is 2.38. The van der Waals surface area contributed by atoms with Gasteiger partial charge >= 0.3 is 12.1 Å². The molecule has 1 aromatic rings. The quantitative estimate of drug-likeness (QED) is 0.261.